The zero-order chi connectivity index (χ0) is 18.5. The normalized spacial score (nSPS) is 14.2. The fraction of sp³-hybridized carbons (Fsp3) is 0.167. The van der Waals surface area contributed by atoms with Gasteiger partial charge in [0.2, 0.25) is 0 Å². The van der Waals surface area contributed by atoms with Gasteiger partial charge in [0.15, 0.2) is 5.69 Å². The zero-order valence-corrected chi connectivity index (χ0v) is 13.7. The summed E-state index contributed by atoms with van der Waals surface area (Å²) in [5, 5.41) is 33.3. The first kappa shape index (κ1) is 17.7. The minimum absolute atomic E-state index is 0.146. The van der Waals surface area contributed by atoms with Gasteiger partial charge in [0.05, 0.1) is 23.3 Å². The number of hydrogen-bond donors (Lipinski definition) is 5. The molecule has 0 aliphatic heterocycles. The number of hydrogen-bond acceptors (Lipinski definition) is 7. The van der Waals surface area contributed by atoms with Gasteiger partial charge in [0.1, 0.15) is 17.9 Å². The smallest absolute Gasteiger partial charge is 0.276 e. The lowest BCUT2D eigenvalue weighted by molar-refractivity contribution is 0.0185. The Morgan fingerprint density at radius 2 is 1.81 bits per heavy atom. The first-order chi connectivity index (χ1) is 12.6. The number of H-pyrrole nitrogens is 1. The summed E-state index contributed by atoms with van der Waals surface area (Å²) in [7, 11) is 0. The van der Waals surface area contributed by atoms with Crippen LogP contribution in [0.25, 0.3) is 11.0 Å². The van der Waals surface area contributed by atoms with E-state index in [2.05, 4.69) is 20.5 Å². The molecule has 2 aromatic carbocycles. The summed E-state index contributed by atoms with van der Waals surface area (Å²) in [6.45, 7) is -0.697. The molecule has 2 unspecified atom stereocenters. The molecule has 8 nitrogen and oxygen atoms in total. The van der Waals surface area contributed by atoms with Gasteiger partial charge in [-0.05, 0) is 24.3 Å². The Balaban J connectivity index is 2.08. The number of aliphatic hydroxyl groups is 3. The molecule has 8 heteroatoms. The van der Waals surface area contributed by atoms with Crippen LogP contribution in [0, 0.1) is 0 Å². The number of aromatic amines is 1. The molecule has 134 valence electrons. The summed E-state index contributed by atoms with van der Waals surface area (Å²) >= 11 is 0. The second-order valence-electron chi connectivity index (χ2n) is 5.60. The molecule has 3 rings (SSSR count). The molecular formula is C18H18N4O4. The number of aromatic nitrogens is 2. The van der Waals surface area contributed by atoms with Crippen molar-refractivity contribution in [2.75, 3.05) is 12.0 Å². The molecule has 3 aromatic rings. The van der Waals surface area contributed by atoms with Gasteiger partial charge in [-0.1, -0.05) is 30.3 Å². The van der Waals surface area contributed by atoms with Crippen molar-refractivity contribution in [1.82, 2.24) is 9.97 Å². The van der Waals surface area contributed by atoms with Gasteiger partial charge in [-0.15, -0.1) is 0 Å². The van der Waals surface area contributed by atoms with Gasteiger partial charge in [0.25, 0.3) is 5.56 Å². The number of fused-ring (bicyclic) bond motifs is 1. The highest BCUT2D eigenvalue weighted by Gasteiger charge is 2.26. The van der Waals surface area contributed by atoms with Crippen LogP contribution in [0.5, 0.6) is 0 Å². The summed E-state index contributed by atoms with van der Waals surface area (Å²) < 4.78 is 0. The highest BCUT2D eigenvalue weighted by atomic mass is 16.4. The van der Waals surface area contributed by atoms with E-state index in [0.29, 0.717) is 16.7 Å². The third-order valence-electron chi connectivity index (χ3n) is 3.75. The summed E-state index contributed by atoms with van der Waals surface area (Å²) in [6.07, 6.45) is -3.12. The molecule has 0 bridgehead atoms. The van der Waals surface area contributed by atoms with Crippen LogP contribution in [0.1, 0.15) is 5.69 Å². The number of rotatable bonds is 6. The van der Waals surface area contributed by atoms with Crippen LogP contribution < -0.4 is 11.0 Å². The third-order valence-corrected chi connectivity index (χ3v) is 3.75. The number of benzene rings is 2. The Kier molecular flexibility index (Phi) is 5.37. The van der Waals surface area contributed by atoms with Crippen LogP contribution in [-0.2, 0) is 0 Å². The van der Waals surface area contributed by atoms with Gasteiger partial charge < -0.3 is 20.3 Å². The second kappa shape index (κ2) is 7.87. The van der Waals surface area contributed by atoms with Crippen molar-refractivity contribution in [3.05, 3.63) is 70.6 Å². The lowest BCUT2D eigenvalue weighted by Crippen LogP contribution is -2.40. The fourth-order valence-electron chi connectivity index (χ4n) is 2.38. The molecule has 1 heterocycles. The molecule has 0 amide bonds. The Bertz CT molecular complexity index is 972. The van der Waals surface area contributed by atoms with E-state index in [9.17, 15) is 15.0 Å². The Hall–Kier alpha value is -3.07. The minimum Gasteiger partial charge on any atom is -0.394 e. The summed E-state index contributed by atoms with van der Waals surface area (Å²) in [4.78, 5) is 19.3. The van der Waals surface area contributed by atoms with E-state index in [-0.39, 0.29) is 11.4 Å². The van der Waals surface area contributed by atoms with Crippen molar-refractivity contribution in [2.24, 2.45) is 5.10 Å². The Morgan fingerprint density at radius 1 is 1.12 bits per heavy atom. The predicted octanol–water partition coefficient (Wildman–Crippen LogP) is 0.453. The van der Waals surface area contributed by atoms with Gasteiger partial charge >= 0.3 is 0 Å². The van der Waals surface area contributed by atoms with Gasteiger partial charge in [0, 0.05) is 0 Å². The van der Waals surface area contributed by atoms with Gasteiger partial charge in [-0.25, -0.2) is 4.98 Å². The molecule has 1 aromatic heterocycles. The van der Waals surface area contributed by atoms with Crippen LogP contribution >= 0.6 is 0 Å². The first-order valence-corrected chi connectivity index (χ1v) is 7.95. The lowest BCUT2D eigenvalue weighted by atomic mass is 10.1. The maximum Gasteiger partial charge on any atom is 0.276 e. The number of nitrogens with zero attached hydrogens (tertiary/aromatic N) is 2. The molecule has 0 aliphatic rings. The highest BCUT2D eigenvalue weighted by Crippen LogP contribution is 2.11. The van der Waals surface area contributed by atoms with E-state index in [1.165, 1.54) is 0 Å². The number of aliphatic hydroxyl groups excluding tert-OH is 3. The summed E-state index contributed by atoms with van der Waals surface area (Å²) in [5.74, 6) is 0. The molecule has 2 atom stereocenters. The lowest BCUT2D eigenvalue weighted by Gasteiger charge is -2.17. The van der Waals surface area contributed by atoms with E-state index >= 15 is 0 Å². The fourth-order valence-corrected chi connectivity index (χ4v) is 2.38. The van der Waals surface area contributed by atoms with E-state index in [0.717, 1.165) is 0 Å². The van der Waals surface area contributed by atoms with Crippen molar-refractivity contribution in [3.8, 4) is 0 Å². The average molecular weight is 354 g/mol. The molecule has 0 saturated carbocycles. The number of para-hydroxylation sites is 3. The van der Waals surface area contributed by atoms with Crippen molar-refractivity contribution in [3.63, 3.8) is 0 Å². The second-order valence-corrected chi connectivity index (χ2v) is 5.60. The van der Waals surface area contributed by atoms with Gasteiger partial charge in [-0.2, -0.15) is 5.10 Å². The average Bonchev–Trinajstić information content (AvgIpc) is 2.68. The maximum absolute atomic E-state index is 12.4. The van der Waals surface area contributed by atoms with Crippen LogP contribution in [0.3, 0.4) is 0 Å². The Labute approximate surface area is 148 Å². The van der Waals surface area contributed by atoms with E-state index in [4.69, 9.17) is 5.11 Å². The minimum atomic E-state index is -1.61. The van der Waals surface area contributed by atoms with E-state index in [1.807, 2.05) is 6.07 Å². The quantitative estimate of drug-likeness (QED) is 0.323. The van der Waals surface area contributed by atoms with Crippen LogP contribution in [0.4, 0.5) is 5.69 Å². The van der Waals surface area contributed by atoms with Crippen LogP contribution in [-0.4, -0.2) is 49.8 Å². The number of nitrogens with one attached hydrogen (secondary N) is 2. The number of hydrazone groups is 1. The highest BCUT2D eigenvalue weighted by molar-refractivity contribution is 6.03. The van der Waals surface area contributed by atoms with E-state index in [1.54, 1.807) is 48.5 Å². The molecule has 0 fully saturated rings. The molecule has 0 spiro atoms. The van der Waals surface area contributed by atoms with Crippen LogP contribution in [0.15, 0.2) is 64.5 Å². The SMILES string of the molecule is O=c1[nH]c2ccccc2nc1/C(=N/Nc1ccccc1)C(O)C(O)CO. The third kappa shape index (κ3) is 3.77. The van der Waals surface area contributed by atoms with Crippen molar-refractivity contribution < 1.29 is 15.3 Å². The molecule has 5 N–H and O–H groups in total. The first-order valence-electron chi connectivity index (χ1n) is 7.95. The molecule has 26 heavy (non-hydrogen) atoms. The molecule has 0 aliphatic carbocycles. The van der Waals surface area contributed by atoms with Crippen LogP contribution in [0.2, 0.25) is 0 Å². The standard InChI is InChI=1S/C18H18N4O4/c23-10-14(24)17(25)15(22-21-11-6-2-1-3-7-11)16-18(26)20-13-9-5-4-8-12(13)19-16/h1-9,14,17,21,23-25H,10H2,(H,20,26)/b22-15-. The Morgan fingerprint density at radius 3 is 2.54 bits per heavy atom. The van der Waals surface area contributed by atoms with Crippen molar-refractivity contribution >= 4 is 22.4 Å². The summed E-state index contributed by atoms with van der Waals surface area (Å²) in [5.41, 5.74) is 3.48. The molecular weight excluding hydrogens is 336 g/mol. The van der Waals surface area contributed by atoms with E-state index < -0.39 is 24.4 Å². The number of anilines is 1. The zero-order valence-electron chi connectivity index (χ0n) is 13.7. The monoisotopic (exact) mass is 354 g/mol. The molecule has 0 saturated heterocycles. The maximum atomic E-state index is 12.4. The van der Waals surface area contributed by atoms with Crippen molar-refractivity contribution in [2.45, 2.75) is 12.2 Å². The summed E-state index contributed by atoms with van der Waals surface area (Å²) in [6, 6.07) is 15.8. The van der Waals surface area contributed by atoms with Gasteiger partial charge in [-0.3, -0.25) is 10.2 Å². The largest absolute Gasteiger partial charge is 0.394 e. The van der Waals surface area contributed by atoms with Crippen molar-refractivity contribution in [1.29, 1.82) is 0 Å². The predicted molar refractivity (Wildman–Crippen MR) is 98.1 cm³/mol. The molecule has 0 radical (unpaired) electrons. The topological polar surface area (TPSA) is 131 Å².